The van der Waals surface area contributed by atoms with Gasteiger partial charge < -0.3 is 10.1 Å². The molecule has 0 saturated carbocycles. The predicted molar refractivity (Wildman–Crippen MR) is 87.7 cm³/mol. The van der Waals surface area contributed by atoms with E-state index in [9.17, 15) is 4.79 Å². The summed E-state index contributed by atoms with van der Waals surface area (Å²) in [7, 11) is 0. The van der Waals surface area contributed by atoms with Crippen molar-refractivity contribution in [2.75, 3.05) is 13.2 Å². The van der Waals surface area contributed by atoms with Gasteiger partial charge in [-0.1, -0.05) is 56.9 Å². The quantitative estimate of drug-likeness (QED) is 0.441. The second-order valence-electron chi connectivity index (χ2n) is 4.87. The van der Waals surface area contributed by atoms with Gasteiger partial charge in [0.15, 0.2) is 0 Å². The number of rotatable bonds is 7. The molecule has 114 valence electrons. The van der Waals surface area contributed by atoms with E-state index in [0.717, 1.165) is 12.1 Å². The number of ether oxygens (including phenoxy) is 1. The van der Waals surface area contributed by atoms with E-state index in [4.69, 9.17) is 4.74 Å². The molecule has 1 aliphatic carbocycles. The zero-order valence-corrected chi connectivity index (χ0v) is 13.2. The molecule has 3 heteroatoms. The maximum absolute atomic E-state index is 11.9. The Hall–Kier alpha value is -2.03. The summed E-state index contributed by atoms with van der Waals surface area (Å²) in [6.07, 6.45) is 12.8. The first-order chi connectivity index (χ1) is 10.1. The Labute approximate surface area is 127 Å². The molecule has 0 fully saturated rings. The lowest BCUT2D eigenvalue weighted by Crippen LogP contribution is -2.21. The van der Waals surface area contributed by atoms with Crippen LogP contribution in [-0.2, 0) is 9.53 Å². The van der Waals surface area contributed by atoms with Crippen molar-refractivity contribution in [3.05, 3.63) is 59.9 Å². The van der Waals surface area contributed by atoms with Gasteiger partial charge in [-0.05, 0) is 24.8 Å². The van der Waals surface area contributed by atoms with Gasteiger partial charge in [-0.15, -0.1) is 0 Å². The number of nitrogens with one attached hydrogen (secondary N) is 1. The van der Waals surface area contributed by atoms with Crippen LogP contribution in [0.25, 0.3) is 0 Å². The Morgan fingerprint density at radius 2 is 2.19 bits per heavy atom. The van der Waals surface area contributed by atoms with Crippen LogP contribution >= 0.6 is 0 Å². The van der Waals surface area contributed by atoms with Crippen molar-refractivity contribution in [1.82, 2.24) is 5.32 Å². The van der Waals surface area contributed by atoms with E-state index in [2.05, 4.69) is 43.1 Å². The van der Waals surface area contributed by atoms with Crippen molar-refractivity contribution < 1.29 is 9.53 Å². The van der Waals surface area contributed by atoms with Crippen LogP contribution in [0.1, 0.15) is 27.2 Å². The number of hydrogen-bond donors (Lipinski definition) is 1. The summed E-state index contributed by atoms with van der Waals surface area (Å²) in [4.78, 5) is 11.9. The summed E-state index contributed by atoms with van der Waals surface area (Å²) >= 11 is 0. The average Bonchev–Trinajstić information content (AvgIpc) is 2.67. The van der Waals surface area contributed by atoms with Crippen LogP contribution in [0.15, 0.2) is 59.9 Å². The molecule has 0 amide bonds. The fraction of sp³-hybridized carbons (Fsp3) is 0.389. The summed E-state index contributed by atoms with van der Waals surface area (Å²) in [5, 5.41) is 3.34. The molecule has 1 unspecified atom stereocenters. The molecule has 1 atom stereocenters. The lowest BCUT2D eigenvalue weighted by atomic mass is 10.1. The lowest BCUT2D eigenvalue weighted by molar-refractivity contribution is -0.138. The highest BCUT2D eigenvalue weighted by molar-refractivity contribution is 5.92. The van der Waals surface area contributed by atoms with E-state index in [-0.39, 0.29) is 5.97 Å². The van der Waals surface area contributed by atoms with Crippen molar-refractivity contribution in [1.29, 1.82) is 0 Å². The first-order valence-corrected chi connectivity index (χ1v) is 7.44. The van der Waals surface area contributed by atoms with Crippen LogP contribution < -0.4 is 5.32 Å². The molecule has 0 spiro atoms. The SMILES string of the molecule is C=C/C(C(=O)OCC)=C(\CC)NCC1=CC(C)C=CC=C1. The Morgan fingerprint density at radius 1 is 1.43 bits per heavy atom. The Kier molecular flexibility index (Phi) is 7.30. The van der Waals surface area contributed by atoms with E-state index < -0.39 is 0 Å². The molecule has 0 radical (unpaired) electrons. The van der Waals surface area contributed by atoms with Gasteiger partial charge in [0, 0.05) is 12.2 Å². The maximum atomic E-state index is 11.9. The summed E-state index contributed by atoms with van der Waals surface area (Å²) in [5.41, 5.74) is 2.58. The monoisotopic (exact) mass is 287 g/mol. The van der Waals surface area contributed by atoms with Gasteiger partial charge in [-0.3, -0.25) is 0 Å². The smallest absolute Gasteiger partial charge is 0.339 e. The fourth-order valence-corrected chi connectivity index (χ4v) is 2.14. The molecular formula is C18H25NO2. The van der Waals surface area contributed by atoms with Crippen LogP contribution in [0.3, 0.4) is 0 Å². The van der Waals surface area contributed by atoms with E-state index >= 15 is 0 Å². The van der Waals surface area contributed by atoms with Gasteiger partial charge >= 0.3 is 5.97 Å². The van der Waals surface area contributed by atoms with Crippen molar-refractivity contribution in [3.63, 3.8) is 0 Å². The van der Waals surface area contributed by atoms with E-state index in [1.165, 1.54) is 5.57 Å². The number of allylic oxidation sites excluding steroid dienone is 5. The zero-order chi connectivity index (χ0) is 15.7. The Bertz CT molecular complexity index is 495. The topological polar surface area (TPSA) is 38.3 Å². The fourth-order valence-electron chi connectivity index (χ4n) is 2.14. The predicted octanol–water partition coefficient (Wildman–Crippen LogP) is 3.68. The van der Waals surface area contributed by atoms with Gasteiger partial charge in [0.2, 0.25) is 0 Å². The maximum Gasteiger partial charge on any atom is 0.339 e. The van der Waals surface area contributed by atoms with Gasteiger partial charge in [0.1, 0.15) is 0 Å². The standard InChI is InChI=1S/C18H25NO2/c1-5-16(18(20)21-7-3)17(6-2)19-13-15-11-9-8-10-14(4)12-15/h5,8-12,14,19H,1,6-7,13H2,2-4H3/b17-16-. The van der Waals surface area contributed by atoms with Gasteiger partial charge in [-0.25, -0.2) is 4.79 Å². The third-order valence-corrected chi connectivity index (χ3v) is 3.20. The van der Waals surface area contributed by atoms with Crippen LogP contribution in [-0.4, -0.2) is 19.1 Å². The molecule has 21 heavy (non-hydrogen) atoms. The lowest BCUT2D eigenvalue weighted by Gasteiger charge is -2.14. The second-order valence-corrected chi connectivity index (χ2v) is 4.87. The number of carbonyl (C=O) groups is 1. The first-order valence-electron chi connectivity index (χ1n) is 7.44. The Morgan fingerprint density at radius 3 is 2.81 bits per heavy atom. The molecule has 0 aromatic rings. The third-order valence-electron chi connectivity index (χ3n) is 3.20. The number of esters is 1. The second kappa shape index (κ2) is 9.01. The highest BCUT2D eigenvalue weighted by Gasteiger charge is 2.12. The summed E-state index contributed by atoms with van der Waals surface area (Å²) < 4.78 is 5.06. The highest BCUT2D eigenvalue weighted by Crippen LogP contribution is 2.13. The number of hydrogen-bond acceptors (Lipinski definition) is 3. The molecule has 1 N–H and O–H groups in total. The molecule has 3 nitrogen and oxygen atoms in total. The first kappa shape index (κ1) is 17.0. The zero-order valence-electron chi connectivity index (χ0n) is 13.2. The van der Waals surface area contributed by atoms with Crippen LogP contribution in [0.2, 0.25) is 0 Å². The van der Waals surface area contributed by atoms with Gasteiger partial charge in [-0.2, -0.15) is 0 Å². The van der Waals surface area contributed by atoms with Crippen LogP contribution in [0.4, 0.5) is 0 Å². The summed E-state index contributed by atoms with van der Waals surface area (Å²) in [5.74, 6) is 0.0899. The molecule has 0 bridgehead atoms. The largest absolute Gasteiger partial charge is 0.462 e. The van der Waals surface area contributed by atoms with Crippen LogP contribution in [0, 0.1) is 5.92 Å². The van der Waals surface area contributed by atoms with E-state index in [0.29, 0.717) is 24.6 Å². The molecule has 0 saturated heterocycles. The van der Waals surface area contributed by atoms with Crippen molar-refractivity contribution in [3.8, 4) is 0 Å². The van der Waals surface area contributed by atoms with Crippen molar-refractivity contribution in [2.24, 2.45) is 5.92 Å². The normalized spacial score (nSPS) is 18.4. The molecular weight excluding hydrogens is 262 g/mol. The van der Waals surface area contributed by atoms with E-state index in [1.807, 2.05) is 13.0 Å². The molecule has 0 aromatic heterocycles. The van der Waals surface area contributed by atoms with Gasteiger partial charge in [0.25, 0.3) is 0 Å². The average molecular weight is 287 g/mol. The Balaban J connectivity index is 2.81. The summed E-state index contributed by atoms with van der Waals surface area (Å²) in [6, 6.07) is 0. The van der Waals surface area contributed by atoms with Crippen molar-refractivity contribution >= 4 is 5.97 Å². The molecule has 0 heterocycles. The minimum Gasteiger partial charge on any atom is -0.462 e. The van der Waals surface area contributed by atoms with Gasteiger partial charge in [0.05, 0.1) is 12.2 Å². The van der Waals surface area contributed by atoms with E-state index in [1.54, 1.807) is 13.0 Å². The van der Waals surface area contributed by atoms with Crippen LogP contribution in [0.5, 0.6) is 0 Å². The highest BCUT2D eigenvalue weighted by atomic mass is 16.5. The molecule has 1 aliphatic rings. The summed E-state index contributed by atoms with van der Waals surface area (Å²) in [6.45, 7) is 10.7. The molecule has 0 aliphatic heterocycles. The van der Waals surface area contributed by atoms with Crippen molar-refractivity contribution in [2.45, 2.75) is 27.2 Å². The third kappa shape index (κ3) is 5.46. The number of carbonyl (C=O) groups excluding carboxylic acids is 1. The minimum atomic E-state index is -0.322. The minimum absolute atomic E-state index is 0.322. The molecule has 0 aromatic carbocycles. The molecule has 1 rings (SSSR count).